The average molecular weight is 214 g/mol. The molecule has 0 atom stereocenters. The van der Waals surface area contributed by atoms with E-state index in [1.54, 1.807) is 12.2 Å². The molecule has 1 aliphatic rings. The number of hydrogen-bond acceptors (Lipinski definition) is 4. The van der Waals surface area contributed by atoms with Crippen molar-refractivity contribution in [2.24, 2.45) is 10.4 Å². The normalized spacial score (nSPS) is 17.6. The Kier molecular flexibility index (Phi) is 2.72. The zero-order valence-electron chi connectivity index (χ0n) is 8.54. The molecule has 0 aromatic heterocycles. The fourth-order valence-corrected chi connectivity index (χ4v) is 1.62. The molecule has 0 radical (unpaired) electrons. The molecule has 0 unspecified atom stereocenters. The van der Waals surface area contributed by atoms with Crippen LogP contribution in [-0.4, -0.2) is 5.66 Å². The van der Waals surface area contributed by atoms with Crippen LogP contribution in [0.1, 0.15) is 12.0 Å². The van der Waals surface area contributed by atoms with Crippen LogP contribution in [0.25, 0.3) is 5.57 Å². The molecule has 0 spiro atoms. The second-order valence-corrected chi connectivity index (χ2v) is 3.62. The number of rotatable bonds is 3. The second kappa shape index (κ2) is 4.18. The van der Waals surface area contributed by atoms with E-state index in [0.29, 0.717) is 0 Å². The summed E-state index contributed by atoms with van der Waals surface area (Å²) in [6.07, 6.45) is 5.19. The van der Waals surface area contributed by atoms with Gasteiger partial charge in [0.2, 0.25) is 0 Å². The molecule has 0 bridgehead atoms. The minimum absolute atomic E-state index is 0.223. The summed E-state index contributed by atoms with van der Waals surface area (Å²) < 4.78 is 0. The maximum atomic E-state index is 10.5. The Labute approximate surface area is 92.6 Å². The lowest BCUT2D eigenvalue weighted by Gasteiger charge is -2.16. The standard InChI is InChI=1S/C12H10N2O2/c15-13-12(14-16)8-6-11(7-9-12)10-4-2-1-3-5-10/h1-8H,9H2. The van der Waals surface area contributed by atoms with Crippen LogP contribution in [-0.2, 0) is 0 Å². The number of nitrogens with zero attached hydrogens (tertiary/aromatic N) is 2. The van der Waals surface area contributed by atoms with Gasteiger partial charge in [0.15, 0.2) is 0 Å². The summed E-state index contributed by atoms with van der Waals surface area (Å²) in [5.74, 6) is 0. The smallest absolute Gasteiger partial charge is 0.148 e. The second-order valence-electron chi connectivity index (χ2n) is 3.62. The summed E-state index contributed by atoms with van der Waals surface area (Å²) in [4.78, 5) is 21.1. The Morgan fingerprint density at radius 2 is 1.75 bits per heavy atom. The average Bonchev–Trinajstić information content (AvgIpc) is 2.40. The Morgan fingerprint density at radius 3 is 2.25 bits per heavy atom. The van der Waals surface area contributed by atoms with E-state index in [-0.39, 0.29) is 6.42 Å². The molecule has 1 aromatic rings. The van der Waals surface area contributed by atoms with Crippen molar-refractivity contribution in [2.75, 3.05) is 0 Å². The largest absolute Gasteiger partial charge is 0.254 e. The van der Waals surface area contributed by atoms with E-state index in [4.69, 9.17) is 0 Å². The van der Waals surface area contributed by atoms with Crippen molar-refractivity contribution in [3.05, 3.63) is 63.9 Å². The Bertz CT molecular complexity index is 455. The van der Waals surface area contributed by atoms with Crippen LogP contribution in [0.2, 0.25) is 0 Å². The van der Waals surface area contributed by atoms with Crippen molar-refractivity contribution < 1.29 is 0 Å². The van der Waals surface area contributed by atoms with Gasteiger partial charge in [-0.2, -0.15) is 0 Å². The first-order chi connectivity index (χ1) is 7.79. The zero-order chi connectivity index (χ0) is 11.4. The van der Waals surface area contributed by atoms with Gasteiger partial charge >= 0.3 is 0 Å². The van der Waals surface area contributed by atoms with Crippen LogP contribution in [0.15, 0.2) is 58.9 Å². The molecule has 0 N–H and O–H groups in total. The Morgan fingerprint density at radius 1 is 1.06 bits per heavy atom. The van der Waals surface area contributed by atoms with E-state index in [2.05, 4.69) is 10.4 Å². The lowest BCUT2D eigenvalue weighted by atomic mass is 9.94. The molecular weight excluding hydrogens is 204 g/mol. The van der Waals surface area contributed by atoms with Crippen LogP contribution < -0.4 is 0 Å². The van der Waals surface area contributed by atoms with Crippen molar-refractivity contribution in [3.63, 3.8) is 0 Å². The van der Waals surface area contributed by atoms with Gasteiger partial charge in [0.05, 0.1) is 0 Å². The van der Waals surface area contributed by atoms with Gasteiger partial charge in [-0.3, -0.25) is 0 Å². The van der Waals surface area contributed by atoms with Crippen molar-refractivity contribution >= 4 is 5.57 Å². The van der Waals surface area contributed by atoms with E-state index in [9.17, 15) is 9.81 Å². The highest BCUT2D eigenvalue weighted by atomic mass is 16.3. The molecule has 16 heavy (non-hydrogen) atoms. The van der Waals surface area contributed by atoms with Crippen molar-refractivity contribution in [3.8, 4) is 0 Å². The SMILES string of the molecule is O=NC1(N=O)C=CC(c2ccccc2)=CC1. The van der Waals surface area contributed by atoms with Gasteiger partial charge in [-0.05, 0) is 27.6 Å². The van der Waals surface area contributed by atoms with E-state index in [1.165, 1.54) is 6.08 Å². The summed E-state index contributed by atoms with van der Waals surface area (Å²) in [7, 11) is 0. The Hall–Kier alpha value is -2.10. The maximum Gasteiger partial charge on any atom is 0.254 e. The topological polar surface area (TPSA) is 58.9 Å². The monoisotopic (exact) mass is 214 g/mol. The van der Waals surface area contributed by atoms with E-state index >= 15 is 0 Å². The molecule has 4 nitrogen and oxygen atoms in total. The molecule has 1 aliphatic carbocycles. The maximum absolute atomic E-state index is 10.5. The predicted molar refractivity (Wildman–Crippen MR) is 62.5 cm³/mol. The molecule has 4 heteroatoms. The molecule has 0 saturated carbocycles. The third-order valence-corrected chi connectivity index (χ3v) is 2.58. The molecular formula is C12H10N2O2. The highest BCUT2D eigenvalue weighted by molar-refractivity contribution is 5.75. The van der Waals surface area contributed by atoms with E-state index in [0.717, 1.165) is 11.1 Å². The number of benzene rings is 1. The van der Waals surface area contributed by atoms with Crippen molar-refractivity contribution in [1.82, 2.24) is 0 Å². The van der Waals surface area contributed by atoms with Crippen molar-refractivity contribution in [1.29, 1.82) is 0 Å². The molecule has 0 saturated heterocycles. The van der Waals surface area contributed by atoms with Crippen LogP contribution >= 0.6 is 0 Å². The first-order valence-electron chi connectivity index (χ1n) is 4.93. The van der Waals surface area contributed by atoms with Gasteiger partial charge in [-0.1, -0.05) is 42.5 Å². The minimum atomic E-state index is -1.45. The zero-order valence-corrected chi connectivity index (χ0v) is 8.54. The van der Waals surface area contributed by atoms with Crippen LogP contribution in [0.5, 0.6) is 0 Å². The van der Waals surface area contributed by atoms with Gasteiger partial charge in [0.25, 0.3) is 5.66 Å². The number of allylic oxidation sites excluding steroid dienone is 2. The van der Waals surface area contributed by atoms with Crippen molar-refractivity contribution in [2.45, 2.75) is 12.1 Å². The third kappa shape index (κ3) is 1.82. The van der Waals surface area contributed by atoms with Crippen LogP contribution in [0, 0.1) is 9.81 Å². The Balaban J connectivity index is 2.26. The van der Waals surface area contributed by atoms with Gasteiger partial charge in [0, 0.05) is 6.42 Å². The lowest BCUT2D eigenvalue weighted by molar-refractivity contribution is 0.555. The quantitative estimate of drug-likeness (QED) is 0.725. The molecule has 1 aromatic carbocycles. The van der Waals surface area contributed by atoms with Gasteiger partial charge in [0.1, 0.15) is 0 Å². The first kappa shape index (κ1) is 10.4. The molecule has 80 valence electrons. The van der Waals surface area contributed by atoms with Gasteiger partial charge in [-0.25, -0.2) is 0 Å². The van der Waals surface area contributed by atoms with E-state index in [1.807, 2.05) is 30.3 Å². The van der Waals surface area contributed by atoms with E-state index < -0.39 is 5.66 Å². The molecule has 0 aliphatic heterocycles. The van der Waals surface area contributed by atoms with Crippen LogP contribution in [0.3, 0.4) is 0 Å². The molecule has 2 rings (SSSR count). The third-order valence-electron chi connectivity index (χ3n) is 2.58. The fraction of sp³-hybridized carbons (Fsp3) is 0.167. The lowest BCUT2D eigenvalue weighted by Crippen LogP contribution is -2.20. The first-order valence-corrected chi connectivity index (χ1v) is 4.93. The minimum Gasteiger partial charge on any atom is -0.148 e. The highest BCUT2D eigenvalue weighted by Gasteiger charge is 2.31. The number of nitroso groups, excluding NO2 is 2. The molecule has 0 fully saturated rings. The summed E-state index contributed by atoms with van der Waals surface area (Å²) in [6.45, 7) is 0. The molecule has 0 amide bonds. The summed E-state index contributed by atoms with van der Waals surface area (Å²) in [5, 5.41) is 5.53. The van der Waals surface area contributed by atoms with Gasteiger partial charge in [-0.15, -0.1) is 9.81 Å². The highest BCUT2D eigenvalue weighted by Crippen LogP contribution is 2.30. The summed E-state index contributed by atoms with van der Waals surface area (Å²) >= 11 is 0. The predicted octanol–water partition coefficient (Wildman–Crippen LogP) is 3.26. The van der Waals surface area contributed by atoms with Crippen LogP contribution in [0.4, 0.5) is 0 Å². The fourth-order valence-electron chi connectivity index (χ4n) is 1.62. The molecule has 0 heterocycles. The summed E-state index contributed by atoms with van der Waals surface area (Å²) in [6, 6.07) is 9.72. The summed E-state index contributed by atoms with van der Waals surface area (Å²) in [5.41, 5.74) is 0.575. The number of hydrogen-bond donors (Lipinski definition) is 0. The van der Waals surface area contributed by atoms with Gasteiger partial charge < -0.3 is 0 Å².